The van der Waals surface area contributed by atoms with Crippen molar-refractivity contribution in [3.05, 3.63) is 59.8 Å². The lowest BCUT2D eigenvalue weighted by Gasteiger charge is -2.11. The second kappa shape index (κ2) is 8.22. The molecule has 0 radical (unpaired) electrons. The largest absolute Gasteiger partial charge is 0.388 e. The monoisotopic (exact) mass is 364 g/mol. The maximum atomic E-state index is 11.6. The molecule has 1 N–H and O–H groups in total. The van der Waals surface area contributed by atoms with E-state index in [1.807, 2.05) is 25.1 Å². The molecule has 0 amide bonds. The number of Topliss-reactive ketones (excluding diaryl/α,β-unsaturated/α-hetero) is 1. The van der Waals surface area contributed by atoms with Gasteiger partial charge in [0.25, 0.3) is 0 Å². The number of carbonyl (C=O) groups excluding carboxylic acids is 1. The number of amidine groups is 1. The van der Waals surface area contributed by atoms with Crippen molar-refractivity contribution in [3.8, 4) is 0 Å². The summed E-state index contributed by atoms with van der Waals surface area (Å²) in [6.45, 7) is 8.53. The van der Waals surface area contributed by atoms with Crippen LogP contribution < -0.4 is 0 Å². The summed E-state index contributed by atoms with van der Waals surface area (Å²) in [4.78, 5) is 18.3. The van der Waals surface area contributed by atoms with Crippen LogP contribution in [-0.2, 0) is 0 Å². The number of benzene rings is 1. The second-order valence-corrected chi connectivity index (χ2v) is 6.56. The van der Waals surface area contributed by atoms with Gasteiger partial charge in [-0.2, -0.15) is 5.10 Å². The van der Waals surface area contributed by atoms with E-state index in [4.69, 9.17) is 5.11 Å². The van der Waals surface area contributed by atoms with Crippen LogP contribution in [0.15, 0.2) is 63.9 Å². The van der Waals surface area contributed by atoms with Crippen LogP contribution in [0.3, 0.4) is 0 Å². The lowest BCUT2D eigenvalue weighted by atomic mass is 10.0. The summed E-state index contributed by atoms with van der Waals surface area (Å²) in [5.41, 5.74) is 4.03. The molecule has 0 aromatic heterocycles. The van der Waals surface area contributed by atoms with Gasteiger partial charge in [0.1, 0.15) is 12.3 Å². The Morgan fingerprint density at radius 2 is 2.11 bits per heavy atom. The summed E-state index contributed by atoms with van der Waals surface area (Å²) in [5.74, 6) is 0.480. The Labute approximate surface area is 159 Å². The molecule has 2 aliphatic rings. The number of carbonyl (C=O) groups is 1. The minimum Gasteiger partial charge on any atom is -0.388 e. The summed E-state index contributed by atoms with van der Waals surface area (Å²) < 4.78 is 0. The zero-order valence-corrected chi connectivity index (χ0v) is 15.7. The third-order valence-corrected chi connectivity index (χ3v) is 4.69. The molecule has 2 heterocycles. The summed E-state index contributed by atoms with van der Waals surface area (Å²) in [6.07, 6.45) is 5.22. The number of fused-ring (bicyclic) bond motifs is 1. The Morgan fingerprint density at radius 1 is 1.37 bits per heavy atom. The summed E-state index contributed by atoms with van der Waals surface area (Å²) >= 11 is 0. The lowest BCUT2D eigenvalue weighted by Crippen LogP contribution is -2.25. The standard InChI is InChI=1S/C21H24N4O2/c1-4-10-22-20(14(3)5-2)21-24-23-18(11-17-12-25(17)21)15-6-8-16(9-7-15)19(27)13-26/h4,6-10,17,26H,3,5,11-13H2,1-2H3. The molecule has 0 bridgehead atoms. The average molecular weight is 364 g/mol. The normalized spacial score (nSPS) is 19.3. The van der Waals surface area contributed by atoms with E-state index >= 15 is 0 Å². The number of ketones is 1. The van der Waals surface area contributed by atoms with Crippen LogP contribution in [0.2, 0.25) is 0 Å². The topological polar surface area (TPSA) is 77.4 Å². The summed E-state index contributed by atoms with van der Waals surface area (Å²) in [5, 5.41) is 17.9. The molecule has 0 spiro atoms. The van der Waals surface area contributed by atoms with Gasteiger partial charge in [-0.05, 0) is 24.5 Å². The van der Waals surface area contributed by atoms with Crippen molar-refractivity contribution in [3.63, 3.8) is 0 Å². The number of hydrogen-bond acceptors (Lipinski definition) is 6. The molecule has 2 aliphatic heterocycles. The minimum atomic E-state index is -0.486. The molecule has 6 nitrogen and oxygen atoms in total. The molecule has 1 unspecified atom stereocenters. The molecule has 1 aromatic rings. The van der Waals surface area contributed by atoms with Gasteiger partial charge in [-0.15, -0.1) is 5.10 Å². The van der Waals surface area contributed by atoms with Crippen molar-refractivity contribution >= 4 is 23.0 Å². The molecular weight excluding hydrogens is 340 g/mol. The number of nitrogens with zero attached hydrogens (tertiary/aromatic N) is 4. The van der Waals surface area contributed by atoms with Crippen molar-refractivity contribution in [2.45, 2.75) is 32.7 Å². The summed E-state index contributed by atoms with van der Waals surface area (Å²) in [6, 6.07) is 7.50. The molecule has 0 saturated carbocycles. The van der Waals surface area contributed by atoms with Crippen molar-refractivity contribution < 1.29 is 9.90 Å². The highest BCUT2D eigenvalue weighted by molar-refractivity contribution is 6.48. The van der Waals surface area contributed by atoms with Gasteiger partial charge in [0.15, 0.2) is 11.6 Å². The van der Waals surface area contributed by atoms with Crippen LogP contribution in [0, 0.1) is 0 Å². The Kier molecular flexibility index (Phi) is 5.76. The van der Waals surface area contributed by atoms with Gasteiger partial charge >= 0.3 is 0 Å². The third kappa shape index (κ3) is 4.11. The number of allylic oxidation sites excluding steroid dienone is 1. The number of aliphatic hydroxyl groups excluding tert-OH is 1. The molecule has 1 atom stereocenters. The molecule has 140 valence electrons. The maximum Gasteiger partial charge on any atom is 0.188 e. The van der Waals surface area contributed by atoms with Crippen LogP contribution in [-0.4, -0.2) is 52.2 Å². The van der Waals surface area contributed by atoms with Gasteiger partial charge in [-0.3, -0.25) is 9.79 Å². The minimum absolute atomic E-state index is 0.291. The van der Waals surface area contributed by atoms with E-state index in [1.165, 1.54) is 0 Å². The fourth-order valence-corrected chi connectivity index (χ4v) is 2.97. The second-order valence-electron chi connectivity index (χ2n) is 6.56. The van der Waals surface area contributed by atoms with Crippen LogP contribution in [0.4, 0.5) is 0 Å². The highest BCUT2D eigenvalue weighted by Gasteiger charge is 2.41. The Morgan fingerprint density at radius 3 is 2.74 bits per heavy atom. The number of aliphatic imine (C=N–C) groups is 1. The Balaban J connectivity index is 1.91. The van der Waals surface area contributed by atoms with Crippen molar-refractivity contribution in [2.75, 3.05) is 13.2 Å². The first-order valence-electron chi connectivity index (χ1n) is 9.12. The van der Waals surface area contributed by atoms with Crippen LogP contribution >= 0.6 is 0 Å². The molecule has 0 aliphatic carbocycles. The van der Waals surface area contributed by atoms with Crippen LogP contribution in [0.1, 0.15) is 42.6 Å². The Bertz CT molecular complexity index is 863. The highest BCUT2D eigenvalue weighted by atomic mass is 16.3. The number of hydrogen-bond donors (Lipinski definition) is 1. The predicted octanol–water partition coefficient (Wildman–Crippen LogP) is 2.99. The molecule has 6 heteroatoms. The first kappa shape index (κ1) is 18.9. The van der Waals surface area contributed by atoms with E-state index in [1.54, 1.807) is 18.3 Å². The zero-order chi connectivity index (χ0) is 19.4. The van der Waals surface area contributed by atoms with E-state index in [0.29, 0.717) is 11.6 Å². The van der Waals surface area contributed by atoms with E-state index in [9.17, 15) is 4.79 Å². The van der Waals surface area contributed by atoms with Gasteiger partial charge in [-0.1, -0.05) is 43.8 Å². The summed E-state index contributed by atoms with van der Waals surface area (Å²) in [7, 11) is 0. The van der Waals surface area contributed by atoms with Crippen LogP contribution in [0.25, 0.3) is 0 Å². The molecule has 1 aromatic carbocycles. The predicted molar refractivity (Wildman–Crippen MR) is 109 cm³/mol. The van der Waals surface area contributed by atoms with Gasteiger partial charge in [0.05, 0.1) is 11.8 Å². The van der Waals surface area contributed by atoms with Gasteiger partial charge in [0, 0.05) is 24.7 Å². The fraction of sp³-hybridized carbons (Fsp3) is 0.333. The third-order valence-electron chi connectivity index (χ3n) is 4.69. The molecular formula is C21H24N4O2. The zero-order valence-electron chi connectivity index (χ0n) is 15.7. The van der Waals surface area contributed by atoms with Gasteiger partial charge in [0.2, 0.25) is 0 Å². The first-order chi connectivity index (χ1) is 13.1. The van der Waals surface area contributed by atoms with Crippen LogP contribution in [0.5, 0.6) is 0 Å². The van der Waals surface area contributed by atoms with Gasteiger partial charge in [-0.25, -0.2) is 0 Å². The van der Waals surface area contributed by atoms with Crippen molar-refractivity contribution in [2.24, 2.45) is 15.2 Å². The van der Waals surface area contributed by atoms with E-state index < -0.39 is 6.61 Å². The molecule has 1 fully saturated rings. The number of rotatable bonds is 7. The van der Waals surface area contributed by atoms with E-state index in [0.717, 1.165) is 47.8 Å². The van der Waals surface area contributed by atoms with Gasteiger partial charge < -0.3 is 10.0 Å². The van der Waals surface area contributed by atoms with Crippen molar-refractivity contribution in [1.29, 1.82) is 0 Å². The average Bonchev–Trinajstić information content (AvgIpc) is 3.48. The van der Waals surface area contributed by atoms with E-state index in [-0.39, 0.29) is 5.78 Å². The molecule has 3 rings (SSSR count). The quantitative estimate of drug-likeness (QED) is 0.459. The first-order valence-corrected chi connectivity index (χ1v) is 9.12. The van der Waals surface area contributed by atoms with Crippen molar-refractivity contribution in [1.82, 2.24) is 4.90 Å². The van der Waals surface area contributed by atoms with E-state index in [2.05, 4.69) is 33.6 Å². The Hall–Kier alpha value is -2.86. The maximum absolute atomic E-state index is 11.6. The molecule has 1 saturated heterocycles. The SMILES string of the molecule is C=C(CC)C(=NC=CC)C1=NN=C(c2ccc(C(=O)CO)cc2)CC2CN12. The molecule has 27 heavy (non-hydrogen) atoms. The fourth-order valence-electron chi connectivity index (χ4n) is 2.97. The highest BCUT2D eigenvalue weighted by Crippen LogP contribution is 2.28. The smallest absolute Gasteiger partial charge is 0.188 e. The lowest BCUT2D eigenvalue weighted by molar-refractivity contribution is 0.0903. The number of aliphatic hydroxyl groups is 1.